The minimum atomic E-state index is -0.109. The van der Waals surface area contributed by atoms with E-state index in [-0.39, 0.29) is 11.7 Å². The van der Waals surface area contributed by atoms with Gasteiger partial charge in [-0.05, 0) is 71.6 Å². The molecule has 4 nitrogen and oxygen atoms in total. The zero-order valence-corrected chi connectivity index (χ0v) is 18.4. The lowest BCUT2D eigenvalue weighted by Crippen LogP contribution is -2.29. The first-order chi connectivity index (χ1) is 15.1. The van der Waals surface area contributed by atoms with Crippen LogP contribution in [0, 0.1) is 0 Å². The van der Waals surface area contributed by atoms with E-state index in [1.807, 2.05) is 54.6 Å². The zero-order chi connectivity index (χ0) is 21.8. The number of aryl methyl sites for hydroxylation is 2. The first-order valence-corrected chi connectivity index (χ1v) is 11.2. The summed E-state index contributed by atoms with van der Waals surface area (Å²) in [6, 6.07) is 22.9. The van der Waals surface area contributed by atoms with Crippen molar-refractivity contribution in [1.29, 1.82) is 0 Å². The smallest absolute Gasteiger partial charge is 0.271 e. The highest BCUT2D eigenvalue weighted by Crippen LogP contribution is 2.39. The van der Waals surface area contributed by atoms with E-state index in [0.717, 1.165) is 40.9 Å². The predicted molar refractivity (Wildman–Crippen MR) is 130 cm³/mol. The molecule has 1 aliphatic heterocycles. The molecule has 0 radical (unpaired) electrons. The minimum Gasteiger partial charge on any atom is -0.508 e. The fraction of sp³-hybridized carbons (Fsp3) is 0.154. The number of carbonyl (C=O) groups excluding carboxylic acids is 1. The lowest BCUT2D eigenvalue weighted by Gasteiger charge is -2.19. The summed E-state index contributed by atoms with van der Waals surface area (Å²) >= 11 is 1.36. The Balaban J connectivity index is 1.84. The molecule has 0 atom stereocenters. The van der Waals surface area contributed by atoms with Gasteiger partial charge in [0.1, 0.15) is 5.75 Å². The quantitative estimate of drug-likeness (QED) is 0.484. The Bertz CT molecular complexity index is 1180. The molecule has 3 aromatic rings. The van der Waals surface area contributed by atoms with Gasteiger partial charge in [-0.2, -0.15) is 0 Å². The SMILES string of the molecule is CCc1ccccc1N=C1S/C(=C/c2cccc(O)c2)C(=O)N1c1ccccc1CC. The molecule has 0 aliphatic carbocycles. The Morgan fingerprint density at radius 1 is 0.935 bits per heavy atom. The molecular weight excluding hydrogens is 404 g/mol. The summed E-state index contributed by atoms with van der Waals surface area (Å²) in [7, 11) is 0. The van der Waals surface area contributed by atoms with Gasteiger partial charge in [0, 0.05) is 0 Å². The number of benzene rings is 3. The number of hydrogen-bond donors (Lipinski definition) is 1. The summed E-state index contributed by atoms with van der Waals surface area (Å²) in [5.41, 5.74) is 4.73. The number of anilines is 1. The molecule has 0 bridgehead atoms. The van der Waals surface area contributed by atoms with Crippen LogP contribution in [0.3, 0.4) is 0 Å². The van der Waals surface area contributed by atoms with Crippen molar-refractivity contribution < 1.29 is 9.90 Å². The van der Waals surface area contributed by atoms with E-state index in [2.05, 4.69) is 19.9 Å². The maximum absolute atomic E-state index is 13.5. The standard InChI is InChI=1S/C26H24N2O2S/c1-3-19-11-5-7-14-22(19)27-26-28(23-15-8-6-12-20(23)4-2)25(30)24(31-26)17-18-10-9-13-21(29)16-18/h5-17,29H,3-4H2,1-2H3/b24-17+,27-26?. The molecule has 3 aromatic carbocycles. The van der Waals surface area contributed by atoms with E-state index in [0.29, 0.717) is 10.1 Å². The van der Waals surface area contributed by atoms with E-state index >= 15 is 0 Å². The van der Waals surface area contributed by atoms with Crippen LogP contribution in [0.25, 0.3) is 6.08 Å². The van der Waals surface area contributed by atoms with Gasteiger partial charge in [-0.15, -0.1) is 0 Å². The van der Waals surface area contributed by atoms with Gasteiger partial charge in [-0.3, -0.25) is 9.69 Å². The molecule has 1 heterocycles. The second-order valence-electron chi connectivity index (χ2n) is 7.21. The molecule has 1 amide bonds. The number of thioether (sulfide) groups is 1. The Morgan fingerprint density at radius 2 is 1.65 bits per heavy atom. The maximum Gasteiger partial charge on any atom is 0.271 e. The van der Waals surface area contributed by atoms with Crippen LogP contribution in [-0.2, 0) is 17.6 Å². The molecule has 1 fully saturated rings. The van der Waals surface area contributed by atoms with Crippen LogP contribution in [-0.4, -0.2) is 16.2 Å². The third-order valence-corrected chi connectivity index (χ3v) is 6.15. The molecule has 31 heavy (non-hydrogen) atoms. The number of para-hydroxylation sites is 2. The van der Waals surface area contributed by atoms with Crippen molar-refractivity contribution in [3.05, 3.63) is 94.4 Å². The maximum atomic E-state index is 13.5. The monoisotopic (exact) mass is 428 g/mol. The lowest BCUT2D eigenvalue weighted by atomic mass is 10.1. The second-order valence-corrected chi connectivity index (χ2v) is 8.21. The normalized spacial score (nSPS) is 16.5. The molecule has 5 heteroatoms. The molecule has 0 aromatic heterocycles. The number of nitrogens with zero attached hydrogens (tertiary/aromatic N) is 2. The van der Waals surface area contributed by atoms with Crippen molar-refractivity contribution in [1.82, 2.24) is 0 Å². The van der Waals surface area contributed by atoms with Gasteiger partial charge >= 0.3 is 0 Å². The van der Waals surface area contributed by atoms with Crippen molar-refractivity contribution in [3.8, 4) is 5.75 Å². The van der Waals surface area contributed by atoms with Gasteiger partial charge in [0.25, 0.3) is 5.91 Å². The van der Waals surface area contributed by atoms with Gasteiger partial charge < -0.3 is 5.11 Å². The first-order valence-electron chi connectivity index (χ1n) is 10.4. The topological polar surface area (TPSA) is 52.9 Å². The van der Waals surface area contributed by atoms with Crippen molar-refractivity contribution >= 4 is 40.3 Å². The molecule has 0 spiro atoms. The molecule has 1 N–H and O–H groups in total. The summed E-state index contributed by atoms with van der Waals surface area (Å²) in [6.07, 6.45) is 3.49. The number of aromatic hydroxyl groups is 1. The highest BCUT2D eigenvalue weighted by molar-refractivity contribution is 8.19. The molecule has 156 valence electrons. The van der Waals surface area contributed by atoms with Crippen molar-refractivity contribution in [2.45, 2.75) is 26.7 Å². The van der Waals surface area contributed by atoms with Gasteiger partial charge in [-0.25, -0.2) is 4.99 Å². The number of aliphatic imine (C=N–C) groups is 1. The molecule has 4 rings (SSSR count). The Labute approximate surface area is 187 Å². The van der Waals surface area contributed by atoms with Gasteiger partial charge in [0.05, 0.1) is 16.3 Å². The fourth-order valence-corrected chi connectivity index (χ4v) is 4.56. The van der Waals surface area contributed by atoms with Crippen LogP contribution in [0.5, 0.6) is 5.75 Å². The number of carbonyl (C=O) groups is 1. The van der Waals surface area contributed by atoms with Crippen LogP contribution >= 0.6 is 11.8 Å². The average Bonchev–Trinajstić information content (AvgIpc) is 3.08. The predicted octanol–water partition coefficient (Wildman–Crippen LogP) is 6.33. The average molecular weight is 429 g/mol. The summed E-state index contributed by atoms with van der Waals surface area (Å²) in [5.74, 6) is 0.0608. The molecule has 1 aliphatic rings. The molecular formula is C26H24N2O2S. The highest BCUT2D eigenvalue weighted by Gasteiger charge is 2.35. The first kappa shape index (κ1) is 20.9. The number of hydrogen-bond acceptors (Lipinski definition) is 4. The second kappa shape index (κ2) is 9.23. The number of amidine groups is 1. The van der Waals surface area contributed by atoms with Crippen LogP contribution in [0.1, 0.15) is 30.5 Å². The fourth-order valence-electron chi connectivity index (χ4n) is 3.58. The third kappa shape index (κ3) is 4.42. The summed E-state index contributed by atoms with van der Waals surface area (Å²) < 4.78 is 0. The summed E-state index contributed by atoms with van der Waals surface area (Å²) in [4.78, 5) is 20.7. The van der Waals surface area contributed by atoms with Crippen LogP contribution in [0.15, 0.2) is 82.7 Å². The summed E-state index contributed by atoms with van der Waals surface area (Å²) in [5, 5.41) is 10.4. The molecule has 0 unspecified atom stereocenters. The summed E-state index contributed by atoms with van der Waals surface area (Å²) in [6.45, 7) is 4.18. The van der Waals surface area contributed by atoms with E-state index in [1.54, 1.807) is 23.1 Å². The third-order valence-electron chi connectivity index (χ3n) is 5.18. The number of amides is 1. The van der Waals surface area contributed by atoms with Crippen LogP contribution in [0.2, 0.25) is 0 Å². The largest absolute Gasteiger partial charge is 0.508 e. The van der Waals surface area contributed by atoms with E-state index in [1.165, 1.54) is 11.8 Å². The van der Waals surface area contributed by atoms with Crippen molar-refractivity contribution in [3.63, 3.8) is 0 Å². The van der Waals surface area contributed by atoms with Gasteiger partial charge in [0.2, 0.25) is 0 Å². The van der Waals surface area contributed by atoms with E-state index in [4.69, 9.17) is 4.99 Å². The lowest BCUT2D eigenvalue weighted by molar-refractivity contribution is -0.113. The molecule has 0 saturated carbocycles. The molecule has 1 saturated heterocycles. The van der Waals surface area contributed by atoms with E-state index in [9.17, 15) is 9.90 Å². The van der Waals surface area contributed by atoms with Gasteiger partial charge in [-0.1, -0.05) is 62.4 Å². The number of phenolic OH excluding ortho intramolecular Hbond substituents is 1. The van der Waals surface area contributed by atoms with Crippen LogP contribution in [0.4, 0.5) is 11.4 Å². The number of rotatable bonds is 5. The van der Waals surface area contributed by atoms with Crippen molar-refractivity contribution in [2.24, 2.45) is 4.99 Å². The van der Waals surface area contributed by atoms with Gasteiger partial charge in [0.15, 0.2) is 5.17 Å². The van der Waals surface area contributed by atoms with Crippen LogP contribution < -0.4 is 4.90 Å². The Morgan fingerprint density at radius 3 is 2.39 bits per heavy atom. The van der Waals surface area contributed by atoms with E-state index < -0.39 is 0 Å². The Hall–Kier alpha value is -3.31. The Kier molecular flexibility index (Phi) is 6.23. The zero-order valence-electron chi connectivity index (χ0n) is 17.6. The number of phenols is 1. The highest BCUT2D eigenvalue weighted by atomic mass is 32.2. The minimum absolute atomic E-state index is 0.109. The van der Waals surface area contributed by atoms with Crippen molar-refractivity contribution in [2.75, 3.05) is 4.90 Å².